The van der Waals surface area contributed by atoms with E-state index in [9.17, 15) is 19.1 Å². The first kappa shape index (κ1) is 10.8. The molecule has 1 aliphatic carbocycles. The van der Waals surface area contributed by atoms with Crippen molar-refractivity contribution in [1.29, 1.82) is 0 Å². The maximum absolute atomic E-state index is 14.8. The highest BCUT2D eigenvalue weighted by atomic mass is 19.1. The van der Waals surface area contributed by atoms with Crippen molar-refractivity contribution >= 4 is 17.6 Å². The number of benzene rings is 2. The molecule has 6 heteroatoms. The van der Waals surface area contributed by atoms with Gasteiger partial charge in [-0.05, 0) is 54.6 Å². The summed E-state index contributed by atoms with van der Waals surface area (Å²) >= 11 is 0. The summed E-state index contributed by atoms with van der Waals surface area (Å²) in [6.45, 7) is 0. The number of hydrogen-bond acceptors (Lipinski definition) is 3. The summed E-state index contributed by atoms with van der Waals surface area (Å²) < 4.78 is 73.0. The Kier molecular flexibility index (Phi) is 3.06. The number of halogens is 1. The van der Waals surface area contributed by atoms with Crippen LogP contribution in [0.5, 0.6) is 5.75 Å². The summed E-state index contributed by atoms with van der Waals surface area (Å²) in [4.78, 5) is 23.7. The minimum atomic E-state index is -3.01. The average molecular weight is 362 g/mol. The van der Waals surface area contributed by atoms with Gasteiger partial charge in [-0.3, -0.25) is 4.79 Å². The summed E-state index contributed by atoms with van der Waals surface area (Å²) in [5, 5.41) is 11.5. The van der Waals surface area contributed by atoms with E-state index in [-0.39, 0.29) is 40.8 Å². The molecule has 1 amide bonds. The average Bonchev–Trinajstić information content (AvgIpc) is 3.21. The van der Waals surface area contributed by atoms with Crippen molar-refractivity contribution in [3.63, 3.8) is 0 Å². The molecule has 0 aromatic heterocycles. The molecule has 0 saturated heterocycles. The predicted octanol–water partition coefficient (Wildman–Crippen LogP) is 4.00. The molecule has 0 saturated carbocycles. The Morgan fingerprint density at radius 2 is 2.08 bits per heavy atom. The van der Waals surface area contributed by atoms with Crippen LogP contribution in [-0.2, 0) is 9.59 Å². The molecule has 2 N–H and O–H groups in total. The van der Waals surface area contributed by atoms with Gasteiger partial charge in [0, 0.05) is 11.1 Å². The summed E-state index contributed by atoms with van der Waals surface area (Å²) in [5.74, 6) is -3.66. The van der Waals surface area contributed by atoms with Gasteiger partial charge in [0.1, 0.15) is 11.6 Å². The molecule has 0 spiro atoms. The number of anilines is 1. The third-order valence-corrected chi connectivity index (χ3v) is 3.96. The van der Waals surface area contributed by atoms with E-state index in [4.69, 9.17) is 9.60 Å². The highest BCUT2D eigenvalue weighted by Crippen LogP contribution is 2.30. The molecule has 26 heavy (non-hydrogen) atoms. The van der Waals surface area contributed by atoms with Gasteiger partial charge in [0.15, 0.2) is 0 Å². The number of rotatable bonds is 5. The smallest absolute Gasteiger partial charge is 0.332 e. The van der Waals surface area contributed by atoms with E-state index in [1.54, 1.807) is 0 Å². The van der Waals surface area contributed by atoms with Crippen molar-refractivity contribution < 1.29 is 33.4 Å². The van der Waals surface area contributed by atoms with E-state index >= 15 is 0 Å². The van der Waals surface area contributed by atoms with Gasteiger partial charge in [0.2, 0.25) is 0 Å². The Morgan fingerprint density at radius 3 is 2.81 bits per heavy atom. The van der Waals surface area contributed by atoms with Crippen LogP contribution in [0.4, 0.5) is 10.1 Å². The third kappa shape index (κ3) is 3.59. The Morgan fingerprint density at radius 1 is 1.27 bits per heavy atom. The predicted molar refractivity (Wildman–Crippen MR) is 95.5 cm³/mol. The number of carbonyl (C=O) groups excluding carboxylic acids is 1. The highest BCUT2D eigenvalue weighted by molar-refractivity contribution is 6.09. The number of carbonyl (C=O) groups is 2. The topological polar surface area (TPSA) is 75.6 Å². The van der Waals surface area contributed by atoms with Crippen molar-refractivity contribution in [2.24, 2.45) is 0 Å². The Labute approximate surface area is 159 Å². The lowest BCUT2D eigenvalue weighted by atomic mass is 10.0. The summed E-state index contributed by atoms with van der Waals surface area (Å²) in [6.07, 6.45) is 0.974. The Hall–Kier alpha value is -3.15. The van der Waals surface area contributed by atoms with Gasteiger partial charge in [-0.25, -0.2) is 9.18 Å². The maximum atomic E-state index is 14.8. The molecular weight excluding hydrogens is 337 g/mol. The number of hydrogen-bond donors (Lipinski definition) is 2. The molecule has 0 fully saturated rings. The van der Waals surface area contributed by atoms with Crippen molar-refractivity contribution in [1.82, 2.24) is 0 Å². The van der Waals surface area contributed by atoms with Crippen molar-refractivity contribution in [2.45, 2.75) is 19.3 Å². The molecule has 5 nitrogen and oxygen atoms in total. The number of carboxylic acids is 1. The molecule has 2 aromatic carbocycles. The highest BCUT2D eigenvalue weighted by Gasteiger charge is 2.25. The fraction of sp³-hybridized carbons (Fsp3) is 0.200. The summed E-state index contributed by atoms with van der Waals surface area (Å²) in [6, 6.07) is 0.537. The van der Waals surface area contributed by atoms with Crippen LogP contribution >= 0.6 is 0 Å². The first-order valence-electron chi connectivity index (χ1n) is 11.2. The van der Waals surface area contributed by atoms with E-state index in [1.807, 2.05) is 0 Å². The van der Waals surface area contributed by atoms with Crippen LogP contribution in [0.1, 0.15) is 28.9 Å². The van der Waals surface area contributed by atoms with Crippen LogP contribution in [0.3, 0.4) is 0 Å². The summed E-state index contributed by atoms with van der Waals surface area (Å²) in [7, 11) is -3.01. The Balaban J connectivity index is 2.00. The number of nitrogens with one attached hydrogen (secondary N) is 1. The van der Waals surface area contributed by atoms with E-state index < -0.39 is 54.7 Å². The summed E-state index contributed by atoms with van der Waals surface area (Å²) in [5.41, 5.74) is -0.630. The molecule has 134 valence electrons. The zero-order chi connectivity index (χ0) is 24.7. The molecule has 2 aromatic rings. The molecule has 3 rings (SSSR count). The largest absolute Gasteiger partial charge is 0.497 e. The van der Waals surface area contributed by atoms with Gasteiger partial charge < -0.3 is 15.2 Å². The molecule has 0 bridgehead atoms. The maximum Gasteiger partial charge on any atom is 0.332 e. The molecule has 0 radical (unpaired) electrons. The first-order valence-corrected chi connectivity index (χ1v) is 7.67. The first-order chi connectivity index (χ1) is 15.3. The second-order valence-electron chi connectivity index (χ2n) is 5.57. The van der Waals surface area contributed by atoms with Crippen molar-refractivity contribution in [3.05, 3.63) is 59.3 Å². The molecule has 0 atom stereocenters. The lowest BCUT2D eigenvalue weighted by molar-refractivity contribution is -0.133. The van der Waals surface area contributed by atoms with Crippen LogP contribution in [-0.4, -0.2) is 24.0 Å². The fourth-order valence-corrected chi connectivity index (χ4v) is 2.72. The van der Waals surface area contributed by atoms with Crippen LogP contribution in [0, 0.1) is 5.82 Å². The van der Waals surface area contributed by atoms with E-state index in [0.29, 0.717) is 6.42 Å². The van der Waals surface area contributed by atoms with E-state index in [1.165, 1.54) is 6.07 Å². The zero-order valence-electron chi connectivity index (χ0n) is 20.4. The standard InChI is InChI=1S/C20H18FNO4/c1-26-14-5-2-4-12(10-14)13-8-9-18(17(21)11-13)22-19(23)15-6-3-7-16(15)20(24)25/h2,4-5,8-11H,3,6-7H2,1H3,(H,22,23)(H,24,25)/i1D3,2D,4D,5D,10D. The molecule has 0 unspecified atom stereocenters. The van der Waals surface area contributed by atoms with Crippen molar-refractivity contribution in [2.75, 3.05) is 12.4 Å². The van der Waals surface area contributed by atoms with Crippen molar-refractivity contribution in [3.8, 4) is 16.9 Å². The van der Waals surface area contributed by atoms with E-state index in [0.717, 1.165) is 12.1 Å². The SMILES string of the molecule is [2H]c1c([2H])c(OC([2H])([2H])[2H])c([2H])c(-c2ccc(NC(=O)C3=C(C(=O)O)CCC3)c(F)c2)c1[2H]. The zero-order valence-corrected chi connectivity index (χ0v) is 13.4. The minimum absolute atomic E-state index is 0.0255. The van der Waals surface area contributed by atoms with Gasteiger partial charge in [0.05, 0.1) is 22.3 Å². The lowest BCUT2D eigenvalue weighted by Crippen LogP contribution is -2.17. The van der Waals surface area contributed by atoms with Crippen LogP contribution < -0.4 is 10.1 Å². The van der Waals surface area contributed by atoms with Gasteiger partial charge in [-0.15, -0.1) is 0 Å². The molecule has 0 aliphatic heterocycles. The number of methoxy groups -OCH3 is 1. The quantitative estimate of drug-likeness (QED) is 0.843. The van der Waals surface area contributed by atoms with Crippen LogP contribution in [0.15, 0.2) is 53.5 Å². The van der Waals surface area contributed by atoms with Gasteiger partial charge in [0.25, 0.3) is 5.91 Å². The Bertz CT molecular complexity index is 1190. The second-order valence-corrected chi connectivity index (χ2v) is 5.57. The fourth-order valence-electron chi connectivity index (χ4n) is 2.72. The molecule has 1 aliphatic rings. The van der Waals surface area contributed by atoms with Crippen LogP contribution in [0.25, 0.3) is 11.1 Å². The third-order valence-electron chi connectivity index (χ3n) is 3.96. The number of carboxylic acid groups (broad SMARTS) is 1. The van der Waals surface area contributed by atoms with E-state index in [2.05, 4.69) is 10.1 Å². The normalized spacial score (nSPS) is 18.0. The minimum Gasteiger partial charge on any atom is -0.497 e. The second kappa shape index (κ2) is 7.39. The molecular formula is C20H18FNO4. The van der Waals surface area contributed by atoms with Gasteiger partial charge in [-0.1, -0.05) is 18.2 Å². The van der Waals surface area contributed by atoms with Gasteiger partial charge in [-0.2, -0.15) is 0 Å². The number of ether oxygens (including phenoxy) is 1. The lowest BCUT2D eigenvalue weighted by Gasteiger charge is -2.10. The van der Waals surface area contributed by atoms with Gasteiger partial charge >= 0.3 is 5.97 Å². The number of amides is 1. The molecule has 0 heterocycles. The number of aliphatic carboxylic acids is 1. The van der Waals surface area contributed by atoms with Crippen LogP contribution in [0.2, 0.25) is 0 Å². The monoisotopic (exact) mass is 362 g/mol.